The molecule has 2 amide bonds. The monoisotopic (exact) mass is 444 g/mol. The van der Waals surface area contributed by atoms with E-state index in [0.717, 1.165) is 11.1 Å². The number of hydrogen-bond donors (Lipinski definition) is 1. The Labute approximate surface area is 189 Å². The average Bonchev–Trinajstić information content (AvgIpc) is 3.21. The average molecular weight is 444 g/mol. The number of nitrogens with zero attached hydrogens (tertiary/aromatic N) is 3. The zero-order valence-electron chi connectivity index (χ0n) is 17.7. The van der Waals surface area contributed by atoms with Gasteiger partial charge in [0, 0.05) is 28.9 Å². The van der Waals surface area contributed by atoms with E-state index >= 15 is 0 Å². The first kappa shape index (κ1) is 20.5. The number of para-hydroxylation sites is 1. The summed E-state index contributed by atoms with van der Waals surface area (Å²) >= 11 is 0. The fraction of sp³-hybridized carbons (Fsp3) is 0.167. The molecule has 0 radical (unpaired) electrons. The molecule has 2 heterocycles. The highest BCUT2D eigenvalue weighted by Gasteiger charge is 2.30. The van der Waals surface area contributed by atoms with Crippen molar-refractivity contribution in [3.05, 3.63) is 93.5 Å². The number of hydrogen-bond acceptors (Lipinski definition) is 6. The van der Waals surface area contributed by atoms with Crippen molar-refractivity contribution in [1.29, 1.82) is 0 Å². The SMILES string of the molecule is CC1Cc2cc3c(cc2C(c2ccc([N+](=O)[O-])cc2)=NN1C(=O)Nc1ccccc1)OCO3. The number of ether oxygens (including phenoxy) is 2. The number of nitrogens with one attached hydrogen (secondary N) is 1. The number of anilines is 1. The lowest BCUT2D eigenvalue weighted by Crippen LogP contribution is -2.38. The quantitative estimate of drug-likeness (QED) is 0.471. The second-order valence-corrected chi connectivity index (χ2v) is 7.81. The molecule has 3 aromatic carbocycles. The highest BCUT2D eigenvalue weighted by molar-refractivity contribution is 6.14. The molecule has 5 rings (SSSR count). The van der Waals surface area contributed by atoms with Gasteiger partial charge in [-0.25, -0.2) is 9.80 Å². The third-order valence-electron chi connectivity index (χ3n) is 5.58. The minimum Gasteiger partial charge on any atom is -0.454 e. The molecular formula is C24H20N4O5. The summed E-state index contributed by atoms with van der Waals surface area (Å²) in [5, 5.41) is 20.1. The molecule has 0 spiro atoms. The number of amides is 2. The summed E-state index contributed by atoms with van der Waals surface area (Å²) in [5.41, 5.74) is 3.53. The Morgan fingerprint density at radius 2 is 1.79 bits per heavy atom. The van der Waals surface area contributed by atoms with Crippen molar-refractivity contribution in [2.75, 3.05) is 12.1 Å². The number of rotatable bonds is 3. The van der Waals surface area contributed by atoms with Crippen LogP contribution in [0.15, 0.2) is 71.8 Å². The first-order valence-electron chi connectivity index (χ1n) is 10.4. The van der Waals surface area contributed by atoms with Gasteiger partial charge in [0.1, 0.15) is 0 Å². The van der Waals surface area contributed by atoms with Gasteiger partial charge in [-0.1, -0.05) is 18.2 Å². The molecular weight excluding hydrogens is 424 g/mol. The second kappa shape index (κ2) is 8.27. The van der Waals surface area contributed by atoms with Crippen molar-refractivity contribution in [2.45, 2.75) is 19.4 Å². The zero-order chi connectivity index (χ0) is 22.9. The standard InChI is InChI=1S/C24H20N4O5/c1-15-11-17-12-21-22(33-14-32-21)13-20(17)23(16-7-9-19(10-8-16)28(30)31)26-27(15)24(29)25-18-5-3-2-4-6-18/h2-10,12-13,15H,11,14H2,1H3,(H,25,29). The van der Waals surface area contributed by atoms with Gasteiger partial charge in [-0.3, -0.25) is 10.1 Å². The summed E-state index contributed by atoms with van der Waals surface area (Å²) in [6.07, 6.45) is 0.536. The summed E-state index contributed by atoms with van der Waals surface area (Å²) in [6, 6.07) is 18.4. The molecule has 9 heteroatoms. The molecule has 0 bridgehead atoms. The van der Waals surface area contributed by atoms with Gasteiger partial charge in [-0.15, -0.1) is 0 Å². The van der Waals surface area contributed by atoms with Gasteiger partial charge in [-0.05, 0) is 55.3 Å². The fourth-order valence-corrected chi connectivity index (χ4v) is 3.94. The number of nitro groups is 1. The van der Waals surface area contributed by atoms with E-state index in [2.05, 4.69) is 5.32 Å². The number of urea groups is 1. The Balaban J connectivity index is 1.59. The van der Waals surface area contributed by atoms with E-state index in [1.165, 1.54) is 17.1 Å². The maximum atomic E-state index is 13.2. The maximum Gasteiger partial charge on any atom is 0.342 e. The Hall–Kier alpha value is -4.40. The van der Waals surface area contributed by atoms with Gasteiger partial charge < -0.3 is 14.8 Å². The number of carbonyl (C=O) groups is 1. The predicted octanol–water partition coefficient (Wildman–Crippen LogP) is 4.55. The van der Waals surface area contributed by atoms with Crippen molar-refractivity contribution in [3.63, 3.8) is 0 Å². The van der Waals surface area contributed by atoms with Crippen LogP contribution in [0.4, 0.5) is 16.2 Å². The smallest absolute Gasteiger partial charge is 0.342 e. The van der Waals surface area contributed by atoms with E-state index in [1.807, 2.05) is 37.3 Å². The van der Waals surface area contributed by atoms with Crippen LogP contribution in [0.2, 0.25) is 0 Å². The van der Waals surface area contributed by atoms with Gasteiger partial charge in [0.25, 0.3) is 5.69 Å². The molecule has 1 unspecified atom stereocenters. The van der Waals surface area contributed by atoms with Crippen LogP contribution >= 0.6 is 0 Å². The largest absolute Gasteiger partial charge is 0.454 e. The lowest BCUT2D eigenvalue weighted by atomic mass is 9.94. The van der Waals surface area contributed by atoms with E-state index in [1.54, 1.807) is 24.3 Å². The number of nitro benzene ring substituents is 1. The number of non-ortho nitro benzene ring substituents is 1. The molecule has 33 heavy (non-hydrogen) atoms. The van der Waals surface area contributed by atoms with Crippen molar-refractivity contribution in [1.82, 2.24) is 5.01 Å². The fourth-order valence-electron chi connectivity index (χ4n) is 3.94. The van der Waals surface area contributed by atoms with Crippen LogP contribution in [-0.2, 0) is 6.42 Å². The minimum atomic E-state index is -0.452. The number of hydrazone groups is 1. The van der Waals surface area contributed by atoms with E-state index in [4.69, 9.17) is 14.6 Å². The summed E-state index contributed by atoms with van der Waals surface area (Å²) in [7, 11) is 0. The van der Waals surface area contributed by atoms with Gasteiger partial charge in [0.2, 0.25) is 6.79 Å². The van der Waals surface area contributed by atoms with Gasteiger partial charge in [0.05, 0.1) is 16.7 Å². The highest BCUT2D eigenvalue weighted by atomic mass is 16.7. The third-order valence-corrected chi connectivity index (χ3v) is 5.58. The van der Waals surface area contributed by atoms with Crippen molar-refractivity contribution in [3.8, 4) is 11.5 Å². The second-order valence-electron chi connectivity index (χ2n) is 7.81. The van der Waals surface area contributed by atoms with Crippen molar-refractivity contribution in [2.24, 2.45) is 5.10 Å². The third kappa shape index (κ3) is 3.96. The topological polar surface area (TPSA) is 106 Å². The van der Waals surface area contributed by atoms with Crippen molar-refractivity contribution >= 4 is 23.1 Å². The summed E-state index contributed by atoms with van der Waals surface area (Å²) in [5.74, 6) is 1.24. The number of carbonyl (C=O) groups excluding carboxylic acids is 1. The Kier molecular flexibility index (Phi) is 5.14. The zero-order valence-corrected chi connectivity index (χ0v) is 17.7. The minimum absolute atomic E-state index is 0.0223. The van der Waals surface area contributed by atoms with Crippen LogP contribution in [0, 0.1) is 10.1 Å². The first-order valence-corrected chi connectivity index (χ1v) is 10.4. The molecule has 9 nitrogen and oxygen atoms in total. The number of fused-ring (bicyclic) bond motifs is 2. The van der Waals surface area contributed by atoms with Crippen LogP contribution in [0.1, 0.15) is 23.6 Å². The van der Waals surface area contributed by atoms with Gasteiger partial charge in [-0.2, -0.15) is 5.10 Å². The molecule has 0 saturated heterocycles. The molecule has 0 fully saturated rings. The molecule has 0 saturated carbocycles. The Bertz CT molecular complexity index is 1260. The summed E-state index contributed by atoms with van der Waals surface area (Å²) in [4.78, 5) is 23.8. The molecule has 166 valence electrons. The lowest BCUT2D eigenvalue weighted by Gasteiger charge is -2.23. The van der Waals surface area contributed by atoms with Crippen LogP contribution in [0.5, 0.6) is 11.5 Å². The van der Waals surface area contributed by atoms with E-state index in [0.29, 0.717) is 34.9 Å². The molecule has 2 aliphatic heterocycles. The lowest BCUT2D eigenvalue weighted by molar-refractivity contribution is -0.384. The Morgan fingerprint density at radius 3 is 2.48 bits per heavy atom. The van der Waals surface area contributed by atoms with Gasteiger partial charge in [0.15, 0.2) is 11.5 Å². The maximum absolute atomic E-state index is 13.2. The molecule has 1 atom stereocenters. The van der Waals surface area contributed by atoms with Crippen LogP contribution in [0.25, 0.3) is 0 Å². The molecule has 0 aliphatic carbocycles. The predicted molar refractivity (Wildman–Crippen MR) is 122 cm³/mol. The molecule has 1 N–H and O–H groups in total. The summed E-state index contributed by atoms with van der Waals surface area (Å²) in [6.45, 7) is 2.06. The molecule has 3 aromatic rings. The van der Waals surface area contributed by atoms with Crippen LogP contribution in [0.3, 0.4) is 0 Å². The molecule has 2 aliphatic rings. The van der Waals surface area contributed by atoms with E-state index in [9.17, 15) is 14.9 Å². The van der Waals surface area contributed by atoms with E-state index in [-0.39, 0.29) is 24.6 Å². The van der Waals surface area contributed by atoms with E-state index < -0.39 is 4.92 Å². The summed E-state index contributed by atoms with van der Waals surface area (Å²) < 4.78 is 11.1. The van der Waals surface area contributed by atoms with Crippen LogP contribution < -0.4 is 14.8 Å². The molecule has 0 aromatic heterocycles. The van der Waals surface area contributed by atoms with Crippen LogP contribution in [-0.4, -0.2) is 34.5 Å². The van der Waals surface area contributed by atoms with Gasteiger partial charge >= 0.3 is 6.03 Å². The normalized spacial score (nSPS) is 16.5. The highest BCUT2D eigenvalue weighted by Crippen LogP contribution is 2.37. The van der Waals surface area contributed by atoms with Crippen molar-refractivity contribution < 1.29 is 19.2 Å². The Morgan fingerprint density at radius 1 is 1.09 bits per heavy atom. The number of benzene rings is 3. The first-order chi connectivity index (χ1) is 16.0.